The maximum absolute atomic E-state index is 12.9. The maximum atomic E-state index is 12.9. The minimum Gasteiger partial charge on any atom is -0.341 e. The van der Waals surface area contributed by atoms with Crippen LogP contribution < -0.4 is 0 Å². The molecular weight excluding hydrogens is 344 g/mol. The molecule has 2 unspecified atom stereocenters. The minimum absolute atomic E-state index is 0.0157. The molecule has 0 bridgehead atoms. The summed E-state index contributed by atoms with van der Waals surface area (Å²) in [7, 11) is 0. The van der Waals surface area contributed by atoms with Crippen LogP contribution in [0.2, 0.25) is 0 Å². The molecule has 1 aromatic carbocycles. The van der Waals surface area contributed by atoms with Gasteiger partial charge in [-0.05, 0) is 31.7 Å². The fourth-order valence-corrected chi connectivity index (χ4v) is 4.91. The molecule has 6 heteroatoms. The maximum Gasteiger partial charge on any atom is 0.235 e. The van der Waals surface area contributed by atoms with Gasteiger partial charge in [0, 0.05) is 37.7 Å². The van der Waals surface area contributed by atoms with Gasteiger partial charge < -0.3 is 9.47 Å². The second-order valence-corrected chi connectivity index (χ2v) is 8.62. The zero-order valence-corrected chi connectivity index (χ0v) is 16.1. The van der Waals surface area contributed by atoms with Crippen molar-refractivity contribution in [3.63, 3.8) is 0 Å². The van der Waals surface area contributed by atoms with Crippen LogP contribution in [0.4, 0.5) is 0 Å². The van der Waals surface area contributed by atoms with Crippen LogP contribution in [0.15, 0.2) is 30.3 Å². The van der Waals surface area contributed by atoms with Crippen molar-refractivity contribution in [1.82, 2.24) is 19.7 Å². The van der Waals surface area contributed by atoms with E-state index in [1.807, 2.05) is 17.9 Å². The number of aryl methyl sites for hydroxylation is 1. The molecule has 1 fully saturated rings. The van der Waals surface area contributed by atoms with Crippen LogP contribution in [-0.4, -0.2) is 43.9 Å². The van der Waals surface area contributed by atoms with Gasteiger partial charge in [-0.2, -0.15) is 0 Å². The van der Waals surface area contributed by atoms with Gasteiger partial charge in [-0.25, -0.2) is 0 Å². The molecule has 2 aliphatic heterocycles. The number of rotatable bonds is 5. The van der Waals surface area contributed by atoms with Gasteiger partial charge in [0.25, 0.3) is 0 Å². The summed E-state index contributed by atoms with van der Waals surface area (Å²) >= 11 is 1.73. The number of benzene rings is 1. The Bertz CT molecular complexity index is 760. The molecule has 3 heterocycles. The lowest BCUT2D eigenvalue weighted by molar-refractivity contribution is -0.131. The zero-order valence-electron chi connectivity index (χ0n) is 15.3. The molecule has 138 valence electrons. The van der Waals surface area contributed by atoms with Gasteiger partial charge in [0.05, 0.1) is 5.25 Å². The summed E-state index contributed by atoms with van der Waals surface area (Å²) in [6, 6.07) is 10.4. The minimum atomic E-state index is -0.0157. The van der Waals surface area contributed by atoms with Crippen molar-refractivity contribution in [3.05, 3.63) is 47.5 Å². The molecule has 26 heavy (non-hydrogen) atoms. The molecular formula is C20H26N4OS. The Morgan fingerprint density at radius 1 is 1.23 bits per heavy atom. The fourth-order valence-electron chi connectivity index (χ4n) is 3.99. The van der Waals surface area contributed by atoms with Crippen LogP contribution >= 0.6 is 11.8 Å². The van der Waals surface area contributed by atoms with E-state index < -0.39 is 0 Å². The summed E-state index contributed by atoms with van der Waals surface area (Å²) in [5.74, 6) is 3.69. The molecule has 0 saturated carbocycles. The summed E-state index contributed by atoms with van der Waals surface area (Å²) in [5.41, 5.74) is 1.27. The number of carbonyl (C=O) groups excluding carboxylic acids is 1. The summed E-state index contributed by atoms with van der Waals surface area (Å²) < 4.78 is 2.28. The fraction of sp³-hybridized carbons (Fsp3) is 0.550. The van der Waals surface area contributed by atoms with Crippen LogP contribution in [0.5, 0.6) is 0 Å². The predicted molar refractivity (Wildman–Crippen MR) is 104 cm³/mol. The highest BCUT2D eigenvalue weighted by atomic mass is 32.2. The Morgan fingerprint density at radius 3 is 2.92 bits per heavy atom. The third-order valence-corrected chi connectivity index (χ3v) is 6.63. The molecule has 0 radical (unpaired) electrons. The van der Waals surface area contributed by atoms with E-state index in [1.54, 1.807) is 11.8 Å². The average molecular weight is 371 g/mol. The highest BCUT2D eigenvalue weighted by Gasteiger charge is 2.31. The van der Waals surface area contributed by atoms with Gasteiger partial charge >= 0.3 is 0 Å². The van der Waals surface area contributed by atoms with Crippen molar-refractivity contribution in [2.24, 2.45) is 0 Å². The second-order valence-electron chi connectivity index (χ2n) is 7.29. The standard InChI is InChI=1S/C20H26N4OS/c1-15(26-14-16-7-3-2-4-8-16)20(25)23-11-5-9-17(13-23)19-22-21-18-10-6-12-24(18)19/h2-4,7-8,15,17H,5-6,9-14H2,1H3. The van der Waals surface area contributed by atoms with Crippen molar-refractivity contribution >= 4 is 17.7 Å². The summed E-state index contributed by atoms with van der Waals surface area (Å²) in [5, 5.41) is 8.78. The van der Waals surface area contributed by atoms with Crippen molar-refractivity contribution in [2.45, 2.75) is 56.1 Å². The number of amides is 1. The Balaban J connectivity index is 1.36. The monoisotopic (exact) mass is 370 g/mol. The smallest absolute Gasteiger partial charge is 0.235 e. The first-order valence-corrected chi connectivity index (χ1v) is 10.6. The van der Waals surface area contributed by atoms with Crippen LogP contribution in [-0.2, 0) is 23.5 Å². The van der Waals surface area contributed by atoms with E-state index in [0.717, 1.165) is 56.3 Å². The Hall–Kier alpha value is -1.82. The quantitative estimate of drug-likeness (QED) is 0.811. The molecule has 0 spiro atoms. The van der Waals surface area contributed by atoms with Crippen LogP contribution in [0.25, 0.3) is 0 Å². The van der Waals surface area contributed by atoms with Crippen molar-refractivity contribution < 1.29 is 4.79 Å². The van der Waals surface area contributed by atoms with Crippen molar-refractivity contribution in [3.8, 4) is 0 Å². The molecule has 4 rings (SSSR count). The summed E-state index contributed by atoms with van der Waals surface area (Å²) in [6.07, 6.45) is 4.36. The number of likely N-dealkylation sites (tertiary alicyclic amines) is 1. The highest BCUT2D eigenvalue weighted by Crippen LogP contribution is 2.30. The Labute approximate surface area is 159 Å². The van der Waals surface area contributed by atoms with Gasteiger partial charge in [-0.3, -0.25) is 4.79 Å². The number of piperidine rings is 1. The number of hydrogen-bond donors (Lipinski definition) is 0. The van der Waals surface area contributed by atoms with Gasteiger partial charge in [0.2, 0.25) is 5.91 Å². The van der Waals surface area contributed by atoms with E-state index in [1.165, 1.54) is 12.0 Å². The summed E-state index contributed by atoms with van der Waals surface area (Å²) in [6.45, 7) is 4.72. The number of carbonyl (C=O) groups is 1. The lowest BCUT2D eigenvalue weighted by Crippen LogP contribution is -2.43. The normalized spacial score (nSPS) is 20.8. The Kier molecular flexibility index (Phi) is 5.29. The molecule has 1 saturated heterocycles. The van der Waals surface area contributed by atoms with Gasteiger partial charge in [-0.1, -0.05) is 30.3 Å². The number of aromatic nitrogens is 3. The van der Waals surface area contributed by atoms with E-state index in [-0.39, 0.29) is 11.2 Å². The third kappa shape index (κ3) is 3.65. The Morgan fingerprint density at radius 2 is 2.08 bits per heavy atom. The van der Waals surface area contributed by atoms with Crippen LogP contribution in [0, 0.1) is 0 Å². The molecule has 0 N–H and O–H groups in total. The number of hydrogen-bond acceptors (Lipinski definition) is 4. The van der Waals surface area contributed by atoms with Gasteiger partial charge in [-0.15, -0.1) is 22.0 Å². The average Bonchev–Trinajstić information content (AvgIpc) is 3.30. The largest absolute Gasteiger partial charge is 0.341 e. The van der Waals surface area contributed by atoms with E-state index in [0.29, 0.717) is 5.92 Å². The van der Waals surface area contributed by atoms with Crippen LogP contribution in [0.1, 0.15) is 49.3 Å². The topological polar surface area (TPSA) is 51.0 Å². The highest BCUT2D eigenvalue weighted by molar-refractivity contribution is 7.99. The first-order chi connectivity index (χ1) is 12.7. The SMILES string of the molecule is CC(SCc1ccccc1)C(=O)N1CCCC(c2nnc3n2CCC3)C1. The first kappa shape index (κ1) is 17.6. The zero-order chi connectivity index (χ0) is 17.9. The third-order valence-electron chi connectivity index (χ3n) is 5.43. The summed E-state index contributed by atoms with van der Waals surface area (Å²) in [4.78, 5) is 15.0. The van der Waals surface area contributed by atoms with Gasteiger partial charge in [0.1, 0.15) is 11.6 Å². The molecule has 0 aliphatic carbocycles. The van der Waals surface area contributed by atoms with Crippen molar-refractivity contribution in [2.75, 3.05) is 13.1 Å². The van der Waals surface area contributed by atoms with Crippen molar-refractivity contribution in [1.29, 1.82) is 0 Å². The van der Waals surface area contributed by atoms with Crippen LogP contribution in [0.3, 0.4) is 0 Å². The number of nitrogens with zero attached hydrogens (tertiary/aromatic N) is 4. The molecule has 1 amide bonds. The lowest BCUT2D eigenvalue weighted by Gasteiger charge is -2.33. The second kappa shape index (κ2) is 7.82. The first-order valence-electron chi connectivity index (χ1n) is 9.58. The molecule has 2 atom stereocenters. The van der Waals surface area contributed by atoms with E-state index in [4.69, 9.17) is 0 Å². The molecule has 2 aliphatic rings. The number of fused-ring (bicyclic) bond motifs is 1. The van der Waals surface area contributed by atoms with Gasteiger partial charge in [0.15, 0.2) is 0 Å². The van der Waals surface area contributed by atoms with E-state index >= 15 is 0 Å². The molecule has 1 aromatic heterocycles. The molecule has 5 nitrogen and oxygen atoms in total. The predicted octanol–water partition coefficient (Wildman–Crippen LogP) is 3.25. The van der Waals surface area contributed by atoms with E-state index in [2.05, 4.69) is 39.0 Å². The molecule has 2 aromatic rings. The van der Waals surface area contributed by atoms with E-state index in [9.17, 15) is 4.79 Å². The lowest BCUT2D eigenvalue weighted by atomic mass is 9.97. The number of thioether (sulfide) groups is 1.